The van der Waals surface area contributed by atoms with Crippen LogP contribution in [0, 0.1) is 6.92 Å². The van der Waals surface area contributed by atoms with Crippen LogP contribution < -0.4 is 10.9 Å². The quantitative estimate of drug-likeness (QED) is 0.435. The fraction of sp³-hybridized carbons (Fsp3) is 0.0476. The van der Waals surface area contributed by atoms with Crippen molar-refractivity contribution in [1.82, 2.24) is 0 Å². The van der Waals surface area contributed by atoms with Crippen molar-refractivity contribution in [3.63, 3.8) is 0 Å². The van der Waals surface area contributed by atoms with Gasteiger partial charge < -0.3 is 9.73 Å². The normalized spacial score (nSPS) is 10.9. The highest BCUT2D eigenvalue weighted by molar-refractivity contribution is 6.09. The molecule has 0 atom stereocenters. The Bertz CT molecular complexity index is 1170. The molecule has 0 saturated carbocycles. The monoisotopic (exact) mass is 329 g/mol. The van der Waals surface area contributed by atoms with E-state index in [0.29, 0.717) is 11.1 Å². The van der Waals surface area contributed by atoms with Gasteiger partial charge in [-0.25, -0.2) is 4.79 Å². The predicted octanol–water partition coefficient (Wildman–Crippen LogP) is 4.51. The molecule has 122 valence electrons. The highest BCUT2D eigenvalue weighted by Gasteiger charge is 2.13. The molecule has 1 aromatic heterocycles. The molecule has 0 saturated heterocycles. The Balaban J connectivity index is 1.83. The minimum Gasteiger partial charge on any atom is -0.421 e. The van der Waals surface area contributed by atoms with Gasteiger partial charge in [-0.2, -0.15) is 0 Å². The second-order valence-corrected chi connectivity index (χ2v) is 5.92. The van der Waals surface area contributed by atoms with Crippen molar-refractivity contribution in [3.8, 4) is 0 Å². The van der Waals surface area contributed by atoms with Gasteiger partial charge in [-0.05, 0) is 41.5 Å². The number of hydrogen-bond acceptors (Lipinski definition) is 3. The van der Waals surface area contributed by atoms with Crippen molar-refractivity contribution in [1.29, 1.82) is 0 Å². The molecule has 0 spiro atoms. The van der Waals surface area contributed by atoms with Crippen molar-refractivity contribution >= 4 is 33.3 Å². The molecule has 0 unspecified atom stereocenters. The molecule has 4 aromatic rings. The molecular weight excluding hydrogens is 314 g/mol. The first-order chi connectivity index (χ1) is 12.1. The van der Waals surface area contributed by atoms with E-state index in [1.54, 1.807) is 24.3 Å². The Kier molecular flexibility index (Phi) is 3.58. The summed E-state index contributed by atoms with van der Waals surface area (Å²) in [6.07, 6.45) is 0. The Labute approximate surface area is 143 Å². The zero-order chi connectivity index (χ0) is 17.4. The van der Waals surface area contributed by atoms with E-state index in [9.17, 15) is 9.59 Å². The number of carbonyl (C=O) groups excluding carboxylic acids is 1. The summed E-state index contributed by atoms with van der Waals surface area (Å²) in [7, 11) is 0. The standard InChI is InChI=1S/C21H15NO3/c1-13-6-2-4-8-15(13)20(23)22-18-12-17-16-9-5-3-7-14(16)10-11-19(17)25-21(18)24/h2-12H,1H3,(H,22,23). The number of fused-ring (bicyclic) bond motifs is 3. The minimum absolute atomic E-state index is 0.136. The fourth-order valence-corrected chi connectivity index (χ4v) is 2.98. The molecular formula is C21H15NO3. The zero-order valence-corrected chi connectivity index (χ0v) is 13.6. The van der Waals surface area contributed by atoms with E-state index in [0.717, 1.165) is 21.7 Å². The number of aryl methyl sites for hydroxylation is 1. The van der Waals surface area contributed by atoms with E-state index in [2.05, 4.69) is 5.32 Å². The lowest BCUT2D eigenvalue weighted by Crippen LogP contribution is -2.18. The average Bonchev–Trinajstić information content (AvgIpc) is 2.62. The highest BCUT2D eigenvalue weighted by Crippen LogP contribution is 2.26. The molecule has 3 aromatic carbocycles. The van der Waals surface area contributed by atoms with Gasteiger partial charge in [0.1, 0.15) is 11.3 Å². The third-order valence-corrected chi connectivity index (χ3v) is 4.28. The lowest BCUT2D eigenvalue weighted by molar-refractivity contribution is 0.102. The molecule has 4 nitrogen and oxygen atoms in total. The van der Waals surface area contributed by atoms with Gasteiger partial charge in [0, 0.05) is 10.9 Å². The van der Waals surface area contributed by atoms with Crippen molar-refractivity contribution in [2.45, 2.75) is 6.92 Å². The third-order valence-electron chi connectivity index (χ3n) is 4.28. The van der Waals surface area contributed by atoms with E-state index in [4.69, 9.17) is 4.42 Å². The maximum atomic E-state index is 12.5. The summed E-state index contributed by atoms with van der Waals surface area (Å²) in [5.74, 6) is -0.329. The van der Waals surface area contributed by atoms with Crippen LogP contribution in [0.5, 0.6) is 0 Å². The van der Waals surface area contributed by atoms with Crippen molar-refractivity contribution in [3.05, 3.63) is 88.3 Å². The number of hydrogen-bond donors (Lipinski definition) is 1. The summed E-state index contributed by atoms with van der Waals surface area (Å²) < 4.78 is 5.40. The molecule has 1 amide bonds. The lowest BCUT2D eigenvalue weighted by atomic mass is 10.1. The summed E-state index contributed by atoms with van der Waals surface area (Å²) in [4.78, 5) is 24.7. The van der Waals surface area contributed by atoms with Gasteiger partial charge in [-0.1, -0.05) is 48.5 Å². The smallest absolute Gasteiger partial charge is 0.360 e. The van der Waals surface area contributed by atoms with Gasteiger partial charge in [0.05, 0.1) is 0 Å². The number of carbonyl (C=O) groups is 1. The Morgan fingerprint density at radius 3 is 2.52 bits per heavy atom. The molecule has 1 heterocycles. The predicted molar refractivity (Wildman–Crippen MR) is 99.1 cm³/mol. The Hall–Kier alpha value is -3.40. The highest BCUT2D eigenvalue weighted by atomic mass is 16.4. The third kappa shape index (κ3) is 2.68. The van der Waals surface area contributed by atoms with E-state index in [1.165, 1.54) is 0 Å². The van der Waals surface area contributed by atoms with Crippen LogP contribution in [0.25, 0.3) is 21.7 Å². The number of benzene rings is 3. The molecule has 25 heavy (non-hydrogen) atoms. The molecule has 0 aliphatic rings. The molecule has 0 aliphatic carbocycles. The van der Waals surface area contributed by atoms with E-state index < -0.39 is 5.63 Å². The van der Waals surface area contributed by atoms with Crippen molar-refractivity contribution in [2.24, 2.45) is 0 Å². The topological polar surface area (TPSA) is 59.3 Å². The SMILES string of the molecule is Cc1ccccc1C(=O)Nc1cc2c(ccc3ccccc32)oc1=O. The molecule has 0 fully saturated rings. The first-order valence-corrected chi connectivity index (χ1v) is 7.96. The summed E-state index contributed by atoms with van der Waals surface area (Å²) in [6.45, 7) is 1.85. The van der Waals surface area contributed by atoms with E-state index in [-0.39, 0.29) is 11.6 Å². The molecule has 4 heteroatoms. The summed E-state index contributed by atoms with van der Waals surface area (Å²) in [6, 6.07) is 20.4. The largest absolute Gasteiger partial charge is 0.421 e. The average molecular weight is 329 g/mol. The summed E-state index contributed by atoms with van der Waals surface area (Å²) in [5, 5.41) is 5.48. The number of amides is 1. The molecule has 0 bridgehead atoms. The van der Waals surface area contributed by atoms with E-state index in [1.807, 2.05) is 49.4 Å². The molecule has 1 N–H and O–H groups in total. The van der Waals surface area contributed by atoms with Crippen LogP contribution in [0.15, 0.2) is 75.9 Å². The maximum Gasteiger partial charge on any atom is 0.360 e. The van der Waals surface area contributed by atoms with Crippen LogP contribution >= 0.6 is 0 Å². The summed E-state index contributed by atoms with van der Waals surface area (Å²) >= 11 is 0. The molecule has 4 rings (SSSR count). The van der Waals surface area contributed by atoms with Crippen LogP contribution in [0.2, 0.25) is 0 Å². The molecule has 0 radical (unpaired) electrons. The van der Waals surface area contributed by atoms with Gasteiger partial charge in [-0.3, -0.25) is 4.79 Å². The number of rotatable bonds is 2. The van der Waals surface area contributed by atoms with Crippen LogP contribution in [0.3, 0.4) is 0 Å². The van der Waals surface area contributed by atoms with Gasteiger partial charge in [0.2, 0.25) is 0 Å². The van der Waals surface area contributed by atoms with E-state index >= 15 is 0 Å². The second kappa shape index (κ2) is 5.91. The van der Waals surface area contributed by atoms with Crippen LogP contribution in [-0.2, 0) is 0 Å². The lowest BCUT2D eigenvalue weighted by Gasteiger charge is -2.08. The number of nitrogens with one attached hydrogen (secondary N) is 1. The zero-order valence-electron chi connectivity index (χ0n) is 13.6. The minimum atomic E-state index is -0.565. The van der Waals surface area contributed by atoms with Crippen LogP contribution in [0.1, 0.15) is 15.9 Å². The van der Waals surface area contributed by atoms with Crippen molar-refractivity contribution in [2.75, 3.05) is 5.32 Å². The molecule has 0 aliphatic heterocycles. The Morgan fingerprint density at radius 2 is 1.68 bits per heavy atom. The Morgan fingerprint density at radius 1 is 0.920 bits per heavy atom. The first-order valence-electron chi connectivity index (χ1n) is 7.96. The van der Waals surface area contributed by atoms with Gasteiger partial charge in [0.15, 0.2) is 0 Å². The van der Waals surface area contributed by atoms with Gasteiger partial charge in [0.25, 0.3) is 5.91 Å². The van der Waals surface area contributed by atoms with Crippen LogP contribution in [-0.4, -0.2) is 5.91 Å². The second-order valence-electron chi connectivity index (χ2n) is 5.92. The fourth-order valence-electron chi connectivity index (χ4n) is 2.98. The summed E-state index contributed by atoms with van der Waals surface area (Å²) in [5.41, 5.74) is 1.44. The first kappa shape index (κ1) is 15.1. The van der Waals surface area contributed by atoms with Crippen LogP contribution in [0.4, 0.5) is 5.69 Å². The maximum absolute atomic E-state index is 12.5. The van der Waals surface area contributed by atoms with Gasteiger partial charge >= 0.3 is 5.63 Å². The van der Waals surface area contributed by atoms with Crippen molar-refractivity contribution < 1.29 is 9.21 Å². The van der Waals surface area contributed by atoms with Gasteiger partial charge in [-0.15, -0.1) is 0 Å². The number of anilines is 1.